The Morgan fingerprint density at radius 1 is 1.50 bits per heavy atom. The minimum Gasteiger partial charge on any atom is -0.465 e. The van der Waals surface area contributed by atoms with Crippen molar-refractivity contribution in [1.29, 1.82) is 0 Å². The summed E-state index contributed by atoms with van der Waals surface area (Å²) in [5, 5.41) is 4.20. The predicted molar refractivity (Wildman–Crippen MR) is 78.1 cm³/mol. The Morgan fingerprint density at radius 2 is 2.40 bits per heavy atom. The third-order valence-electron chi connectivity index (χ3n) is 2.97. The van der Waals surface area contributed by atoms with Crippen molar-refractivity contribution in [3.05, 3.63) is 48.2 Å². The molecule has 0 N–H and O–H groups in total. The fourth-order valence-corrected chi connectivity index (χ4v) is 1.97. The Morgan fingerprint density at radius 3 is 3.05 bits per heavy atom. The Kier molecular flexibility index (Phi) is 5.58. The normalized spacial score (nSPS) is 11.8. The molecule has 2 aromatic rings. The van der Waals surface area contributed by atoms with Crippen molar-refractivity contribution in [3.63, 3.8) is 0 Å². The molecule has 2 heterocycles. The number of furan rings is 1. The highest BCUT2D eigenvalue weighted by atomic mass is 16.5. The fraction of sp³-hybridized carbons (Fsp3) is 0.400. The third-order valence-corrected chi connectivity index (χ3v) is 2.97. The van der Waals surface area contributed by atoms with Crippen molar-refractivity contribution in [2.45, 2.75) is 6.54 Å². The van der Waals surface area contributed by atoms with Gasteiger partial charge in [0.1, 0.15) is 5.76 Å². The Bertz CT molecular complexity index is 517. The van der Waals surface area contributed by atoms with E-state index in [1.165, 1.54) is 5.56 Å². The van der Waals surface area contributed by atoms with Crippen molar-refractivity contribution < 1.29 is 9.15 Å². The first-order valence-electron chi connectivity index (χ1n) is 6.67. The lowest BCUT2D eigenvalue weighted by Crippen LogP contribution is -2.27. The predicted octanol–water partition coefficient (Wildman–Crippen LogP) is 2.17. The molecular formula is C15H21N3O2. The lowest BCUT2D eigenvalue weighted by molar-refractivity contribution is 0.151. The largest absolute Gasteiger partial charge is 0.465 e. The molecule has 5 nitrogen and oxygen atoms in total. The van der Waals surface area contributed by atoms with Crippen LogP contribution in [0.15, 0.2) is 41.3 Å². The molecule has 0 spiro atoms. The van der Waals surface area contributed by atoms with Gasteiger partial charge >= 0.3 is 0 Å². The van der Waals surface area contributed by atoms with Crippen LogP contribution in [0.5, 0.6) is 0 Å². The van der Waals surface area contributed by atoms with Gasteiger partial charge in [0.25, 0.3) is 0 Å². The number of aromatic nitrogens is 2. The van der Waals surface area contributed by atoms with E-state index >= 15 is 0 Å². The van der Waals surface area contributed by atoms with Gasteiger partial charge in [-0.25, -0.2) is 0 Å². The second-order valence-electron chi connectivity index (χ2n) is 4.67. The molecule has 0 aliphatic heterocycles. The zero-order chi connectivity index (χ0) is 14.2. The van der Waals surface area contributed by atoms with Gasteiger partial charge in [-0.3, -0.25) is 9.58 Å². The molecule has 20 heavy (non-hydrogen) atoms. The second kappa shape index (κ2) is 7.67. The fourth-order valence-electron chi connectivity index (χ4n) is 1.97. The van der Waals surface area contributed by atoms with Crippen LogP contribution in [0.25, 0.3) is 6.08 Å². The van der Waals surface area contributed by atoms with E-state index in [9.17, 15) is 0 Å². The Balaban J connectivity index is 1.89. The summed E-state index contributed by atoms with van der Waals surface area (Å²) in [6.45, 7) is 3.31. The number of aryl methyl sites for hydroxylation is 1. The van der Waals surface area contributed by atoms with Crippen molar-refractivity contribution >= 4 is 6.08 Å². The van der Waals surface area contributed by atoms with Crippen LogP contribution in [-0.2, 0) is 18.3 Å². The van der Waals surface area contributed by atoms with Gasteiger partial charge in [0.05, 0.1) is 19.1 Å². The molecule has 0 unspecified atom stereocenters. The van der Waals surface area contributed by atoms with Crippen molar-refractivity contribution in [2.75, 3.05) is 26.8 Å². The molecule has 108 valence electrons. The monoisotopic (exact) mass is 275 g/mol. The number of methoxy groups -OCH3 is 1. The summed E-state index contributed by atoms with van der Waals surface area (Å²) in [7, 11) is 3.65. The Labute approximate surface area is 119 Å². The molecule has 0 aliphatic rings. The average molecular weight is 275 g/mol. The van der Waals surface area contributed by atoms with Crippen LogP contribution in [0, 0.1) is 0 Å². The summed E-state index contributed by atoms with van der Waals surface area (Å²) >= 11 is 0. The number of hydrogen-bond acceptors (Lipinski definition) is 4. The summed E-state index contributed by atoms with van der Waals surface area (Å²) in [6, 6.07) is 3.83. The van der Waals surface area contributed by atoms with E-state index in [1.54, 1.807) is 13.4 Å². The van der Waals surface area contributed by atoms with Gasteiger partial charge in [-0.15, -0.1) is 0 Å². The highest BCUT2D eigenvalue weighted by Gasteiger charge is 2.05. The van der Waals surface area contributed by atoms with E-state index < -0.39 is 0 Å². The average Bonchev–Trinajstić information content (AvgIpc) is 3.08. The van der Waals surface area contributed by atoms with Crippen molar-refractivity contribution in [1.82, 2.24) is 14.7 Å². The van der Waals surface area contributed by atoms with Gasteiger partial charge in [0.15, 0.2) is 0 Å². The summed E-state index contributed by atoms with van der Waals surface area (Å²) in [5.41, 5.74) is 1.20. The first kappa shape index (κ1) is 14.6. The lowest BCUT2D eigenvalue weighted by Gasteiger charge is -2.19. The topological polar surface area (TPSA) is 43.4 Å². The molecular weight excluding hydrogens is 254 g/mol. The maximum atomic E-state index is 5.27. The number of nitrogens with zero attached hydrogens (tertiary/aromatic N) is 3. The lowest BCUT2D eigenvalue weighted by atomic mass is 10.3. The number of rotatable bonds is 8. The molecule has 0 bridgehead atoms. The van der Waals surface area contributed by atoms with E-state index in [0.717, 1.165) is 32.0 Å². The summed E-state index contributed by atoms with van der Waals surface area (Å²) < 4.78 is 12.3. The van der Waals surface area contributed by atoms with Gasteiger partial charge in [-0.2, -0.15) is 5.10 Å². The zero-order valence-corrected chi connectivity index (χ0v) is 12.0. The highest BCUT2D eigenvalue weighted by molar-refractivity contribution is 5.42. The molecule has 0 radical (unpaired) electrons. The quantitative estimate of drug-likeness (QED) is 0.740. The summed E-state index contributed by atoms with van der Waals surface area (Å²) in [5.74, 6) is 0.873. The third kappa shape index (κ3) is 4.68. The van der Waals surface area contributed by atoms with Crippen molar-refractivity contribution in [3.8, 4) is 0 Å². The van der Waals surface area contributed by atoms with Crippen LogP contribution in [0.1, 0.15) is 11.3 Å². The molecule has 0 fully saturated rings. The molecule has 0 atom stereocenters. The van der Waals surface area contributed by atoms with E-state index in [-0.39, 0.29) is 0 Å². The standard InChI is InChI=1S/C15H21N3O2/c1-17-12-14(11-16-17)13-18(8-10-19-2)7-3-5-15-6-4-9-20-15/h3-6,9,11-12H,7-8,10,13H2,1-2H3. The van der Waals surface area contributed by atoms with Crippen LogP contribution < -0.4 is 0 Å². The minimum atomic E-state index is 0.717. The molecule has 0 saturated heterocycles. The maximum absolute atomic E-state index is 5.27. The smallest absolute Gasteiger partial charge is 0.126 e. The molecule has 0 aliphatic carbocycles. The number of hydrogen-bond donors (Lipinski definition) is 0. The summed E-state index contributed by atoms with van der Waals surface area (Å²) in [6.07, 6.45) is 9.71. The molecule has 0 aromatic carbocycles. The van der Waals surface area contributed by atoms with Gasteiger partial charge in [-0.1, -0.05) is 6.08 Å². The van der Waals surface area contributed by atoms with Crippen LogP contribution in [0.2, 0.25) is 0 Å². The minimum absolute atomic E-state index is 0.717. The van der Waals surface area contributed by atoms with Crippen LogP contribution in [-0.4, -0.2) is 41.5 Å². The van der Waals surface area contributed by atoms with Crippen LogP contribution in [0.3, 0.4) is 0 Å². The van der Waals surface area contributed by atoms with E-state index in [4.69, 9.17) is 9.15 Å². The number of ether oxygens (including phenoxy) is 1. The van der Waals surface area contributed by atoms with E-state index in [1.807, 2.05) is 42.3 Å². The second-order valence-corrected chi connectivity index (χ2v) is 4.67. The van der Waals surface area contributed by atoms with Gasteiger partial charge in [0, 0.05) is 45.6 Å². The van der Waals surface area contributed by atoms with Gasteiger partial charge < -0.3 is 9.15 Å². The molecule has 0 saturated carbocycles. The first-order valence-corrected chi connectivity index (χ1v) is 6.67. The van der Waals surface area contributed by atoms with Gasteiger partial charge in [0.2, 0.25) is 0 Å². The molecule has 2 rings (SSSR count). The van der Waals surface area contributed by atoms with Crippen LogP contribution in [0.4, 0.5) is 0 Å². The maximum Gasteiger partial charge on any atom is 0.126 e. The molecule has 2 aromatic heterocycles. The first-order chi connectivity index (χ1) is 9.78. The summed E-state index contributed by atoms with van der Waals surface area (Å²) in [4.78, 5) is 2.31. The van der Waals surface area contributed by atoms with Crippen LogP contribution >= 0.6 is 0 Å². The highest BCUT2D eigenvalue weighted by Crippen LogP contribution is 2.06. The SMILES string of the molecule is COCCN(CC=Cc1ccco1)Cc1cnn(C)c1. The van der Waals surface area contributed by atoms with E-state index in [2.05, 4.69) is 16.1 Å². The van der Waals surface area contributed by atoms with Gasteiger partial charge in [-0.05, 0) is 18.2 Å². The molecule has 5 heteroatoms. The van der Waals surface area contributed by atoms with E-state index in [0.29, 0.717) is 0 Å². The van der Waals surface area contributed by atoms with Crippen molar-refractivity contribution in [2.24, 2.45) is 7.05 Å². The molecule has 0 amide bonds. The Hall–Kier alpha value is -1.85. The zero-order valence-electron chi connectivity index (χ0n) is 12.0.